The zero-order valence-electron chi connectivity index (χ0n) is 17.6. The van der Waals surface area contributed by atoms with Gasteiger partial charge < -0.3 is 10.1 Å². The van der Waals surface area contributed by atoms with Crippen LogP contribution in [0.3, 0.4) is 0 Å². The van der Waals surface area contributed by atoms with E-state index in [0.717, 1.165) is 9.87 Å². The Morgan fingerprint density at radius 2 is 1.55 bits per heavy atom. The molecule has 0 aromatic heterocycles. The van der Waals surface area contributed by atoms with Crippen molar-refractivity contribution < 1.29 is 17.9 Å². The molecule has 33 heavy (non-hydrogen) atoms. The van der Waals surface area contributed by atoms with E-state index in [1.54, 1.807) is 37.4 Å². The summed E-state index contributed by atoms with van der Waals surface area (Å²) in [5.41, 5.74) is 1.44. The van der Waals surface area contributed by atoms with Crippen LogP contribution in [-0.2, 0) is 27.9 Å². The van der Waals surface area contributed by atoms with Crippen LogP contribution in [-0.4, -0.2) is 32.3 Å². The van der Waals surface area contributed by atoms with Crippen LogP contribution in [0.15, 0.2) is 71.6 Å². The number of nitrogens with zero attached hydrogens (tertiary/aromatic N) is 1. The van der Waals surface area contributed by atoms with Gasteiger partial charge in [0, 0.05) is 18.1 Å². The van der Waals surface area contributed by atoms with Gasteiger partial charge in [0.2, 0.25) is 15.9 Å². The SMILES string of the molecule is COc1ccc(CNC(=O)CN(Cc2ccc(Cl)c(Cl)c2)S(=O)(=O)c2ccc(Cl)cc2)cc1. The maximum atomic E-state index is 13.3. The molecular formula is C23H21Cl3N2O4S. The fraction of sp³-hybridized carbons (Fsp3) is 0.174. The summed E-state index contributed by atoms with van der Waals surface area (Å²) in [5.74, 6) is 0.246. The summed E-state index contributed by atoms with van der Waals surface area (Å²) in [4.78, 5) is 12.7. The van der Waals surface area contributed by atoms with E-state index in [2.05, 4.69) is 5.32 Å². The highest BCUT2D eigenvalue weighted by molar-refractivity contribution is 7.89. The summed E-state index contributed by atoms with van der Waals surface area (Å²) in [6.07, 6.45) is 0. The van der Waals surface area contributed by atoms with Gasteiger partial charge >= 0.3 is 0 Å². The summed E-state index contributed by atoms with van der Waals surface area (Å²) in [7, 11) is -2.43. The second-order valence-electron chi connectivity index (χ2n) is 7.10. The highest BCUT2D eigenvalue weighted by atomic mass is 35.5. The van der Waals surface area contributed by atoms with E-state index in [1.165, 1.54) is 24.3 Å². The maximum Gasteiger partial charge on any atom is 0.243 e. The number of benzene rings is 3. The Morgan fingerprint density at radius 1 is 0.909 bits per heavy atom. The first kappa shape index (κ1) is 25.3. The first-order chi connectivity index (χ1) is 15.7. The number of hydrogen-bond acceptors (Lipinski definition) is 4. The van der Waals surface area contributed by atoms with Crippen molar-refractivity contribution in [2.45, 2.75) is 18.0 Å². The molecule has 0 atom stereocenters. The van der Waals surface area contributed by atoms with Crippen LogP contribution in [0.4, 0.5) is 0 Å². The fourth-order valence-corrected chi connectivity index (χ4v) is 4.81. The summed E-state index contributed by atoms with van der Waals surface area (Å²) in [5, 5.41) is 3.80. The molecule has 3 aromatic rings. The van der Waals surface area contributed by atoms with Crippen LogP contribution < -0.4 is 10.1 Å². The number of carbonyl (C=O) groups is 1. The molecule has 1 amide bonds. The first-order valence-electron chi connectivity index (χ1n) is 9.78. The third kappa shape index (κ3) is 6.85. The van der Waals surface area contributed by atoms with Gasteiger partial charge in [-0.05, 0) is 59.7 Å². The molecule has 0 aliphatic rings. The Bertz CT molecular complexity index is 1220. The minimum atomic E-state index is -4.00. The van der Waals surface area contributed by atoms with Crippen LogP contribution in [0.2, 0.25) is 15.1 Å². The Morgan fingerprint density at radius 3 is 2.15 bits per heavy atom. The lowest BCUT2D eigenvalue weighted by Gasteiger charge is -2.22. The van der Waals surface area contributed by atoms with E-state index >= 15 is 0 Å². The Labute approximate surface area is 208 Å². The normalized spacial score (nSPS) is 11.4. The monoisotopic (exact) mass is 526 g/mol. The summed E-state index contributed by atoms with van der Waals surface area (Å²) in [6, 6.07) is 17.8. The first-order valence-corrected chi connectivity index (χ1v) is 12.4. The second kappa shape index (κ2) is 11.2. The quantitative estimate of drug-likeness (QED) is 0.417. The van der Waals surface area contributed by atoms with Crippen molar-refractivity contribution >= 4 is 50.7 Å². The Kier molecular flexibility index (Phi) is 8.62. The lowest BCUT2D eigenvalue weighted by atomic mass is 10.2. The van der Waals surface area contributed by atoms with E-state index < -0.39 is 15.9 Å². The molecule has 0 heterocycles. The summed E-state index contributed by atoms with van der Waals surface area (Å²) < 4.78 is 32.8. The number of carbonyl (C=O) groups excluding carboxylic acids is 1. The predicted molar refractivity (Wildman–Crippen MR) is 130 cm³/mol. The van der Waals surface area contributed by atoms with Crippen molar-refractivity contribution in [1.29, 1.82) is 0 Å². The number of rotatable bonds is 9. The maximum absolute atomic E-state index is 13.3. The van der Waals surface area contributed by atoms with Gasteiger partial charge in [0.1, 0.15) is 5.75 Å². The van der Waals surface area contributed by atoms with Crippen LogP contribution in [0.5, 0.6) is 5.75 Å². The van der Waals surface area contributed by atoms with Crippen molar-refractivity contribution in [3.63, 3.8) is 0 Å². The second-order valence-corrected chi connectivity index (χ2v) is 10.3. The minimum absolute atomic E-state index is 0.0231. The van der Waals surface area contributed by atoms with Gasteiger partial charge in [0.25, 0.3) is 0 Å². The highest BCUT2D eigenvalue weighted by Gasteiger charge is 2.27. The van der Waals surface area contributed by atoms with Crippen molar-refractivity contribution in [2.24, 2.45) is 0 Å². The molecule has 6 nitrogen and oxygen atoms in total. The molecule has 0 unspecified atom stereocenters. The average Bonchev–Trinajstić information content (AvgIpc) is 2.80. The summed E-state index contributed by atoms with van der Waals surface area (Å²) >= 11 is 18.0. The van der Waals surface area contributed by atoms with Crippen molar-refractivity contribution in [1.82, 2.24) is 9.62 Å². The van der Waals surface area contributed by atoms with Crippen LogP contribution in [0.25, 0.3) is 0 Å². The molecule has 1 N–H and O–H groups in total. The molecule has 0 radical (unpaired) electrons. The molecule has 0 saturated heterocycles. The highest BCUT2D eigenvalue weighted by Crippen LogP contribution is 2.25. The molecule has 0 saturated carbocycles. The van der Waals surface area contributed by atoms with Gasteiger partial charge in [0.05, 0.1) is 28.6 Å². The Balaban J connectivity index is 1.79. The minimum Gasteiger partial charge on any atom is -0.497 e. The van der Waals surface area contributed by atoms with E-state index in [0.29, 0.717) is 26.4 Å². The number of halogens is 3. The fourth-order valence-electron chi connectivity index (χ4n) is 2.98. The van der Waals surface area contributed by atoms with Crippen LogP contribution in [0.1, 0.15) is 11.1 Å². The van der Waals surface area contributed by atoms with Gasteiger partial charge in [-0.2, -0.15) is 4.31 Å². The average molecular weight is 528 g/mol. The Hall–Kier alpha value is -2.29. The van der Waals surface area contributed by atoms with Gasteiger partial charge in [-0.1, -0.05) is 53.0 Å². The van der Waals surface area contributed by atoms with E-state index in [-0.39, 0.29) is 24.5 Å². The van der Waals surface area contributed by atoms with E-state index in [1.807, 2.05) is 12.1 Å². The molecule has 0 aliphatic heterocycles. The zero-order valence-corrected chi connectivity index (χ0v) is 20.7. The lowest BCUT2D eigenvalue weighted by molar-refractivity contribution is -0.121. The molecular weight excluding hydrogens is 507 g/mol. The number of amides is 1. The predicted octanol–water partition coefficient (Wildman–Crippen LogP) is 5.16. The van der Waals surface area contributed by atoms with Crippen LogP contribution >= 0.6 is 34.8 Å². The molecule has 0 fully saturated rings. The third-order valence-corrected chi connectivity index (χ3v) is 7.56. The smallest absolute Gasteiger partial charge is 0.243 e. The molecule has 0 bridgehead atoms. The van der Waals surface area contributed by atoms with E-state index in [9.17, 15) is 13.2 Å². The largest absolute Gasteiger partial charge is 0.497 e. The van der Waals surface area contributed by atoms with Crippen molar-refractivity contribution in [3.8, 4) is 5.75 Å². The van der Waals surface area contributed by atoms with Crippen LogP contribution in [0, 0.1) is 0 Å². The van der Waals surface area contributed by atoms with Gasteiger partial charge in [-0.15, -0.1) is 0 Å². The van der Waals surface area contributed by atoms with Crippen molar-refractivity contribution in [3.05, 3.63) is 92.9 Å². The molecule has 10 heteroatoms. The molecule has 0 spiro atoms. The number of hydrogen-bond donors (Lipinski definition) is 1. The number of ether oxygens (including phenoxy) is 1. The number of nitrogens with one attached hydrogen (secondary N) is 1. The molecule has 3 rings (SSSR count). The molecule has 0 aliphatic carbocycles. The van der Waals surface area contributed by atoms with E-state index in [4.69, 9.17) is 39.5 Å². The zero-order chi connectivity index (χ0) is 24.0. The van der Waals surface area contributed by atoms with Gasteiger partial charge in [-0.3, -0.25) is 4.79 Å². The third-order valence-electron chi connectivity index (χ3n) is 4.76. The van der Waals surface area contributed by atoms with Crippen molar-refractivity contribution in [2.75, 3.05) is 13.7 Å². The lowest BCUT2D eigenvalue weighted by Crippen LogP contribution is -2.40. The molecule has 3 aromatic carbocycles. The topological polar surface area (TPSA) is 75.7 Å². The standard InChI is InChI=1S/C23H21Cl3N2O4S/c1-32-19-7-2-16(3-8-19)13-27-23(29)15-28(14-17-4-11-21(25)22(26)12-17)33(30,31)20-9-5-18(24)6-10-20/h2-12H,13-15H2,1H3,(H,27,29). The number of sulfonamides is 1. The summed E-state index contributed by atoms with van der Waals surface area (Å²) in [6.45, 7) is -0.219. The van der Waals surface area contributed by atoms with Gasteiger partial charge in [0.15, 0.2) is 0 Å². The number of methoxy groups -OCH3 is 1. The van der Waals surface area contributed by atoms with Gasteiger partial charge in [-0.25, -0.2) is 8.42 Å². The molecule has 174 valence electrons.